The van der Waals surface area contributed by atoms with E-state index in [0.29, 0.717) is 25.6 Å². The number of carbonyl (C=O) groups is 1. The summed E-state index contributed by atoms with van der Waals surface area (Å²) < 4.78 is 12.9. The Bertz CT molecular complexity index is 775. The second kappa shape index (κ2) is 6.62. The molecule has 132 valence electrons. The number of urea groups is 1. The maximum atomic E-state index is 12.6. The molecule has 0 unspecified atom stereocenters. The molecule has 2 amide bonds. The van der Waals surface area contributed by atoms with Gasteiger partial charge in [0.1, 0.15) is 19.5 Å². The molecule has 8 heteroatoms. The van der Waals surface area contributed by atoms with E-state index in [1.54, 1.807) is 18.1 Å². The van der Waals surface area contributed by atoms with Crippen LogP contribution in [-0.4, -0.2) is 45.5 Å². The lowest BCUT2D eigenvalue weighted by Crippen LogP contribution is -2.39. The molecule has 4 rings (SSSR count). The van der Waals surface area contributed by atoms with Gasteiger partial charge in [0.25, 0.3) is 0 Å². The lowest BCUT2D eigenvalue weighted by molar-refractivity contribution is 0.170. The zero-order valence-electron chi connectivity index (χ0n) is 14.1. The van der Waals surface area contributed by atoms with Gasteiger partial charge in [-0.2, -0.15) is 5.10 Å². The molecule has 1 aromatic carbocycles. The van der Waals surface area contributed by atoms with Crippen LogP contribution in [0.3, 0.4) is 0 Å². The molecule has 25 heavy (non-hydrogen) atoms. The summed E-state index contributed by atoms with van der Waals surface area (Å²) in [6, 6.07) is 5.89. The fraction of sp³-hybridized carbons (Fsp3) is 0.471. The molecule has 0 spiro atoms. The molecule has 0 aliphatic carbocycles. The van der Waals surface area contributed by atoms with Crippen LogP contribution >= 0.6 is 0 Å². The number of carbonyl (C=O) groups excluding carboxylic acids is 1. The Morgan fingerprint density at radius 2 is 2.16 bits per heavy atom. The molecule has 0 bridgehead atoms. The summed E-state index contributed by atoms with van der Waals surface area (Å²) in [6.07, 6.45) is 3.54. The molecule has 1 saturated heterocycles. The van der Waals surface area contributed by atoms with Gasteiger partial charge in [0.2, 0.25) is 0 Å². The van der Waals surface area contributed by atoms with E-state index in [4.69, 9.17) is 9.47 Å². The van der Waals surface area contributed by atoms with Gasteiger partial charge in [-0.25, -0.2) is 9.78 Å². The molecule has 8 nitrogen and oxygen atoms in total. The summed E-state index contributed by atoms with van der Waals surface area (Å²) in [7, 11) is 1.80. The van der Waals surface area contributed by atoms with Crippen LogP contribution in [-0.2, 0) is 13.6 Å². The smallest absolute Gasteiger partial charge is 0.318 e. The van der Waals surface area contributed by atoms with E-state index in [0.717, 1.165) is 36.4 Å². The number of nitrogens with one attached hydrogen (secondary N) is 1. The zero-order valence-corrected chi connectivity index (χ0v) is 14.1. The molecule has 2 aliphatic rings. The standard InChI is InChI=1S/C17H21N5O3/c1-21-11-19-16(20-21)10-18-17(23)22-6-2-3-13(22)12-4-5-14-15(9-12)25-8-7-24-14/h4-5,9,11,13H,2-3,6-8,10H2,1H3,(H,18,23)/t13-/m0/s1. The van der Waals surface area contributed by atoms with Gasteiger partial charge in [-0.3, -0.25) is 4.68 Å². The van der Waals surface area contributed by atoms with E-state index >= 15 is 0 Å². The molecule has 1 fully saturated rings. The highest BCUT2D eigenvalue weighted by Gasteiger charge is 2.31. The fourth-order valence-electron chi connectivity index (χ4n) is 3.34. The largest absolute Gasteiger partial charge is 0.486 e. The lowest BCUT2D eigenvalue weighted by Gasteiger charge is -2.26. The van der Waals surface area contributed by atoms with Crippen molar-refractivity contribution in [3.05, 3.63) is 35.9 Å². The SMILES string of the molecule is Cn1cnc(CNC(=O)N2CCC[C@H]2c2ccc3c(c2)OCCO3)n1. The minimum atomic E-state index is -0.0927. The molecular formula is C17H21N5O3. The van der Waals surface area contributed by atoms with Crippen molar-refractivity contribution >= 4 is 6.03 Å². The predicted molar refractivity (Wildman–Crippen MR) is 89.4 cm³/mol. The number of amides is 2. The average molecular weight is 343 g/mol. The third kappa shape index (κ3) is 3.24. The molecule has 1 N–H and O–H groups in total. The fourth-order valence-corrected chi connectivity index (χ4v) is 3.34. The van der Waals surface area contributed by atoms with Crippen LogP contribution in [0, 0.1) is 0 Å². The van der Waals surface area contributed by atoms with Crippen LogP contribution in [0.2, 0.25) is 0 Å². The van der Waals surface area contributed by atoms with Gasteiger partial charge in [-0.1, -0.05) is 6.07 Å². The van der Waals surface area contributed by atoms with Crippen molar-refractivity contribution in [1.82, 2.24) is 25.0 Å². The first-order valence-electron chi connectivity index (χ1n) is 8.49. The van der Waals surface area contributed by atoms with Crippen LogP contribution in [0.25, 0.3) is 0 Å². The number of nitrogens with zero attached hydrogens (tertiary/aromatic N) is 4. The number of hydrogen-bond acceptors (Lipinski definition) is 5. The van der Waals surface area contributed by atoms with Crippen molar-refractivity contribution < 1.29 is 14.3 Å². The third-order valence-electron chi connectivity index (χ3n) is 4.51. The average Bonchev–Trinajstić information content (AvgIpc) is 3.28. The topological polar surface area (TPSA) is 81.5 Å². The minimum Gasteiger partial charge on any atom is -0.486 e. The monoisotopic (exact) mass is 343 g/mol. The number of fused-ring (bicyclic) bond motifs is 1. The van der Waals surface area contributed by atoms with Crippen LogP contribution < -0.4 is 14.8 Å². The minimum absolute atomic E-state index is 0.0486. The first kappa shape index (κ1) is 15.7. The van der Waals surface area contributed by atoms with E-state index < -0.39 is 0 Å². The maximum absolute atomic E-state index is 12.6. The molecule has 2 aliphatic heterocycles. The van der Waals surface area contributed by atoms with Crippen LogP contribution in [0.4, 0.5) is 4.79 Å². The normalized spacial score (nSPS) is 19.1. The highest BCUT2D eigenvalue weighted by Crippen LogP contribution is 2.38. The predicted octanol–water partition coefficient (Wildman–Crippen LogP) is 1.63. The molecule has 0 radical (unpaired) electrons. The second-order valence-electron chi connectivity index (χ2n) is 6.25. The van der Waals surface area contributed by atoms with Gasteiger partial charge < -0.3 is 19.7 Å². The van der Waals surface area contributed by atoms with Gasteiger partial charge in [-0.15, -0.1) is 0 Å². The summed E-state index contributed by atoms with van der Waals surface area (Å²) >= 11 is 0. The number of ether oxygens (including phenoxy) is 2. The number of aryl methyl sites for hydroxylation is 1. The molecular weight excluding hydrogens is 322 g/mol. The molecule has 2 aromatic rings. The summed E-state index contributed by atoms with van der Waals surface area (Å²) in [5, 5.41) is 7.09. The van der Waals surface area contributed by atoms with Crippen LogP contribution in [0.1, 0.15) is 30.3 Å². The van der Waals surface area contributed by atoms with Crippen LogP contribution in [0.5, 0.6) is 11.5 Å². The van der Waals surface area contributed by atoms with Gasteiger partial charge in [0.15, 0.2) is 17.3 Å². The Morgan fingerprint density at radius 1 is 1.32 bits per heavy atom. The Labute approximate surface area is 145 Å². The Balaban J connectivity index is 1.45. The molecule has 1 atom stereocenters. The van der Waals surface area contributed by atoms with Crippen molar-refractivity contribution in [1.29, 1.82) is 0 Å². The van der Waals surface area contributed by atoms with E-state index in [1.165, 1.54) is 0 Å². The van der Waals surface area contributed by atoms with Crippen molar-refractivity contribution in [3.63, 3.8) is 0 Å². The van der Waals surface area contributed by atoms with Crippen LogP contribution in [0.15, 0.2) is 24.5 Å². The lowest BCUT2D eigenvalue weighted by atomic mass is 10.0. The summed E-state index contributed by atoms with van der Waals surface area (Å²) in [4.78, 5) is 18.6. The Kier molecular flexibility index (Phi) is 4.17. The first-order chi connectivity index (χ1) is 12.2. The van der Waals surface area contributed by atoms with Gasteiger partial charge in [0.05, 0.1) is 12.6 Å². The highest BCUT2D eigenvalue weighted by atomic mass is 16.6. The zero-order chi connectivity index (χ0) is 17.2. The summed E-state index contributed by atoms with van der Waals surface area (Å²) in [5.74, 6) is 2.13. The first-order valence-corrected chi connectivity index (χ1v) is 8.49. The quantitative estimate of drug-likeness (QED) is 0.916. The van der Waals surface area contributed by atoms with E-state index in [1.807, 2.05) is 23.1 Å². The maximum Gasteiger partial charge on any atom is 0.318 e. The van der Waals surface area contributed by atoms with Crippen molar-refractivity contribution in [2.24, 2.45) is 7.05 Å². The number of hydrogen-bond donors (Lipinski definition) is 1. The highest BCUT2D eigenvalue weighted by molar-refractivity contribution is 5.75. The van der Waals surface area contributed by atoms with Gasteiger partial charge in [-0.05, 0) is 30.5 Å². The summed E-state index contributed by atoms with van der Waals surface area (Å²) in [5.41, 5.74) is 1.08. The van der Waals surface area contributed by atoms with Gasteiger partial charge >= 0.3 is 6.03 Å². The van der Waals surface area contributed by atoms with Crippen molar-refractivity contribution in [2.45, 2.75) is 25.4 Å². The molecule has 1 aromatic heterocycles. The van der Waals surface area contributed by atoms with Crippen molar-refractivity contribution in [2.75, 3.05) is 19.8 Å². The number of rotatable bonds is 3. The molecule has 0 saturated carbocycles. The molecule has 3 heterocycles. The summed E-state index contributed by atoms with van der Waals surface area (Å²) in [6.45, 7) is 2.19. The third-order valence-corrected chi connectivity index (χ3v) is 4.51. The number of likely N-dealkylation sites (tertiary alicyclic amines) is 1. The van der Waals surface area contributed by atoms with Crippen molar-refractivity contribution in [3.8, 4) is 11.5 Å². The Morgan fingerprint density at radius 3 is 2.96 bits per heavy atom. The van der Waals surface area contributed by atoms with E-state index in [2.05, 4.69) is 15.4 Å². The number of benzene rings is 1. The van der Waals surface area contributed by atoms with E-state index in [-0.39, 0.29) is 12.1 Å². The van der Waals surface area contributed by atoms with Gasteiger partial charge in [0, 0.05) is 13.6 Å². The second-order valence-corrected chi connectivity index (χ2v) is 6.25. The number of aromatic nitrogens is 3. The Hall–Kier alpha value is -2.77. The van der Waals surface area contributed by atoms with E-state index in [9.17, 15) is 4.79 Å².